The van der Waals surface area contributed by atoms with Gasteiger partial charge in [-0.3, -0.25) is 4.99 Å². The predicted molar refractivity (Wildman–Crippen MR) is 242 cm³/mol. The molecule has 296 valence electrons. The number of nitrogens with one attached hydrogen (secondary N) is 2. The van der Waals surface area contributed by atoms with Crippen molar-refractivity contribution in [3.8, 4) is 0 Å². The smallest absolute Gasteiger partial charge is 0.181 e. The van der Waals surface area contributed by atoms with Crippen LogP contribution in [-0.4, -0.2) is 98.3 Å². The molecule has 7 aliphatic heterocycles. The van der Waals surface area contributed by atoms with Crippen LogP contribution in [-0.2, 0) is 4.87 Å². The van der Waals surface area contributed by atoms with Gasteiger partial charge in [0.25, 0.3) is 0 Å². The average Bonchev–Trinajstić information content (AvgIpc) is 4.11. The summed E-state index contributed by atoms with van der Waals surface area (Å²) in [6, 6.07) is 8.52. The second kappa shape index (κ2) is 15.4. The molecule has 10 heteroatoms. The van der Waals surface area contributed by atoms with E-state index < -0.39 is 9.87 Å². The summed E-state index contributed by atoms with van der Waals surface area (Å²) in [5, 5.41) is 1.89. The third-order valence-corrected chi connectivity index (χ3v) is 13.2. The van der Waals surface area contributed by atoms with E-state index in [0.29, 0.717) is 0 Å². The molecule has 2 atom stereocenters. The van der Waals surface area contributed by atoms with E-state index in [2.05, 4.69) is 167 Å². The lowest BCUT2D eigenvalue weighted by Gasteiger charge is -2.39. The van der Waals surface area contributed by atoms with Crippen molar-refractivity contribution in [3.05, 3.63) is 172 Å². The Kier molecular flexibility index (Phi) is 10.1. The molecule has 0 spiro atoms. The van der Waals surface area contributed by atoms with Crippen LogP contribution < -0.4 is 10.7 Å². The molecule has 2 N–H and O–H groups in total. The maximum Gasteiger partial charge on any atom is 0.181 e. The predicted octanol–water partition coefficient (Wildman–Crippen LogP) is 7.56. The summed E-state index contributed by atoms with van der Waals surface area (Å²) in [5.41, 5.74) is 11.2. The lowest BCUT2D eigenvalue weighted by molar-refractivity contribution is 0.420. The van der Waals surface area contributed by atoms with Crippen LogP contribution in [0.25, 0.3) is 16.7 Å². The van der Waals surface area contributed by atoms with Gasteiger partial charge < -0.3 is 29.6 Å². The number of rotatable bonds is 8. The van der Waals surface area contributed by atoms with Crippen molar-refractivity contribution >= 4 is 51.3 Å². The van der Waals surface area contributed by atoms with Crippen LogP contribution in [0, 0.1) is 0 Å². The highest BCUT2D eigenvalue weighted by atomic mass is 35.5. The molecule has 9 heterocycles. The Bertz CT molecular complexity index is 2570. The van der Waals surface area contributed by atoms with Gasteiger partial charge in [0.2, 0.25) is 0 Å². The molecule has 8 bridgehead atoms. The van der Waals surface area contributed by atoms with Crippen molar-refractivity contribution in [3.63, 3.8) is 0 Å². The first-order chi connectivity index (χ1) is 28.2. The standard InChI is InChI=1S/C48H50Cl2N8/c1-5-55-25-9-13-33(29-55)44-37-17-18-39(51-37)45(34-14-10-26-56(6-2)30-34)41-21-22-43(53-41)48(50,36-16-12-28-58(8-4)32-36)47(49)24-23-42(54-47)46(40-20-19-38(44)52-40)35-15-11-27-57(7-3)31-35/h9-24,29-32,52-53H,5-8,25-28H2,1-4H3. The number of hydrogen-bond donors (Lipinski definition) is 2. The first kappa shape index (κ1) is 38.1. The van der Waals surface area contributed by atoms with E-state index in [-0.39, 0.29) is 0 Å². The molecule has 0 saturated carbocycles. The molecule has 0 fully saturated rings. The number of hydrogen-bond acceptors (Lipinski definition) is 6. The van der Waals surface area contributed by atoms with Crippen molar-refractivity contribution in [1.82, 2.24) is 29.6 Å². The number of aromatic amines is 2. The number of halogens is 2. The Hall–Kier alpha value is -5.44. The number of allylic oxidation sites excluding steroid dienone is 11. The molecular formula is C48H50Cl2N8. The Morgan fingerprint density at radius 3 is 1.69 bits per heavy atom. The summed E-state index contributed by atoms with van der Waals surface area (Å²) in [6.07, 6.45) is 34.7. The van der Waals surface area contributed by atoms with Crippen LogP contribution in [0.4, 0.5) is 0 Å². The van der Waals surface area contributed by atoms with E-state index in [4.69, 9.17) is 33.2 Å². The van der Waals surface area contributed by atoms with Gasteiger partial charge in [0.05, 0.1) is 17.1 Å². The van der Waals surface area contributed by atoms with Crippen LogP contribution in [0.1, 0.15) is 39.1 Å². The lowest BCUT2D eigenvalue weighted by atomic mass is 9.86. The van der Waals surface area contributed by atoms with Gasteiger partial charge in [-0.05, 0) is 81.8 Å². The van der Waals surface area contributed by atoms with Gasteiger partial charge in [-0.25, -0.2) is 4.99 Å². The lowest BCUT2D eigenvalue weighted by Crippen LogP contribution is -2.43. The van der Waals surface area contributed by atoms with Gasteiger partial charge in [-0.2, -0.15) is 0 Å². The number of likely N-dealkylation sites (N-methyl/N-ethyl adjacent to an activating group) is 4. The Labute approximate surface area is 351 Å². The number of aromatic nitrogens is 2. The maximum absolute atomic E-state index is 8.17. The summed E-state index contributed by atoms with van der Waals surface area (Å²) < 4.78 is 0. The van der Waals surface area contributed by atoms with Crippen LogP contribution >= 0.6 is 23.2 Å². The Morgan fingerprint density at radius 2 is 1.10 bits per heavy atom. The zero-order chi connectivity index (χ0) is 40.0. The summed E-state index contributed by atoms with van der Waals surface area (Å²) in [5.74, 6) is 0. The van der Waals surface area contributed by atoms with E-state index in [1.807, 2.05) is 12.2 Å². The maximum atomic E-state index is 8.17. The topological polar surface area (TPSA) is 69.3 Å². The second-order valence-corrected chi connectivity index (χ2v) is 16.5. The molecule has 8 nitrogen and oxygen atoms in total. The Morgan fingerprint density at radius 1 is 0.569 bits per heavy atom. The van der Waals surface area contributed by atoms with E-state index in [0.717, 1.165) is 131 Å². The fourth-order valence-electron chi connectivity index (χ4n) is 8.67. The van der Waals surface area contributed by atoms with E-state index >= 15 is 0 Å². The fraction of sp³-hybridized carbons (Fsp3) is 0.292. The van der Waals surface area contributed by atoms with Gasteiger partial charge in [0.1, 0.15) is 0 Å². The summed E-state index contributed by atoms with van der Waals surface area (Å²) in [4.78, 5) is 25.1. The van der Waals surface area contributed by atoms with Gasteiger partial charge in [-0.15, -0.1) is 11.6 Å². The van der Waals surface area contributed by atoms with E-state index in [1.54, 1.807) is 0 Å². The molecule has 0 aliphatic carbocycles. The number of alkyl halides is 2. The summed E-state index contributed by atoms with van der Waals surface area (Å²) in [7, 11) is 0. The number of fused-ring (bicyclic) bond motifs is 6. The normalized spacial score (nSPS) is 25.1. The van der Waals surface area contributed by atoms with Crippen molar-refractivity contribution in [2.45, 2.75) is 37.6 Å². The monoisotopic (exact) mass is 808 g/mol. The molecular weight excluding hydrogens is 759 g/mol. The minimum absolute atomic E-state index is 0.744. The highest BCUT2D eigenvalue weighted by Gasteiger charge is 2.54. The minimum atomic E-state index is -1.40. The molecule has 9 rings (SSSR count). The van der Waals surface area contributed by atoms with E-state index in [1.165, 1.54) is 0 Å². The molecule has 0 amide bonds. The molecule has 0 aromatic carbocycles. The molecule has 0 saturated heterocycles. The SMILES string of the molecule is CCN1C=C(C2=C3C=CC(=N3)C(C3=CN(CC)CC=C3)=c3ccc([nH]3)=C(C3=CN(CC)CC=C3)C3=NC(Cl)(C=C3)C(Cl)(C3=CN(CC)CC=C3)c3ccc2[nH]3)C=CC1. The zero-order valence-electron chi connectivity index (χ0n) is 33.6. The highest BCUT2D eigenvalue weighted by Crippen LogP contribution is 2.54. The average molecular weight is 810 g/mol. The van der Waals surface area contributed by atoms with Crippen molar-refractivity contribution in [2.24, 2.45) is 9.98 Å². The molecule has 58 heavy (non-hydrogen) atoms. The molecule has 7 aliphatic rings. The number of nitrogens with zero attached hydrogens (tertiary/aromatic N) is 6. The summed E-state index contributed by atoms with van der Waals surface area (Å²) >= 11 is 16.1. The van der Waals surface area contributed by atoms with Gasteiger partial charge in [-0.1, -0.05) is 60.2 Å². The fourth-order valence-corrected chi connectivity index (χ4v) is 9.36. The molecule has 2 aromatic heterocycles. The first-order valence-corrected chi connectivity index (χ1v) is 21.3. The molecule has 2 unspecified atom stereocenters. The zero-order valence-corrected chi connectivity index (χ0v) is 35.2. The second-order valence-electron chi connectivity index (χ2n) is 15.4. The van der Waals surface area contributed by atoms with Crippen molar-refractivity contribution in [2.75, 3.05) is 52.4 Å². The third kappa shape index (κ3) is 6.56. The first-order valence-electron chi connectivity index (χ1n) is 20.6. The van der Waals surface area contributed by atoms with Gasteiger partial charge >= 0.3 is 0 Å². The Balaban J connectivity index is 1.39. The van der Waals surface area contributed by atoms with Gasteiger partial charge in [0.15, 0.2) is 9.87 Å². The number of aliphatic imine (C=N–C) groups is 2. The molecule has 0 radical (unpaired) electrons. The van der Waals surface area contributed by atoms with Crippen LogP contribution in [0.15, 0.2) is 160 Å². The van der Waals surface area contributed by atoms with E-state index in [9.17, 15) is 0 Å². The summed E-state index contributed by atoms with van der Waals surface area (Å²) in [6.45, 7) is 15.6. The largest absolute Gasteiger partial charge is 0.374 e. The van der Waals surface area contributed by atoms with Crippen LogP contribution in [0.3, 0.4) is 0 Å². The molecule has 2 aromatic rings. The quantitative estimate of drug-likeness (QED) is 0.214. The minimum Gasteiger partial charge on any atom is -0.374 e. The van der Waals surface area contributed by atoms with Crippen LogP contribution in [0.5, 0.6) is 0 Å². The highest BCUT2D eigenvalue weighted by molar-refractivity contribution is 6.41. The van der Waals surface area contributed by atoms with Crippen LogP contribution in [0.2, 0.25) is 0 Å². The number of H-pyrrole nitrogens is 2. The van der Waals surface area contributed by atoms with Crippen molar-refractivity contribution in [1.29, 1.82) is 0 Å². The van der Waals surface area contributed by atoms with Crippen molar-refractivity contribution < 1.29 is 0 Å². The third-order valence-electron chi connectivity index (χ3n) is 11.9. The van der Waals surface area contributed by atoms with Gasteiger partial charge in [0, 0.05) is 133 Å².